The largest absolute Gasteiger partial charge is 0.573 e. The Labute approximate surface area is 161 Å². The molecule has 28 heavy (non-hydrogen) atoms. The molecule has 2 aliphatic rings. The molecule has 2 aliphatic heterocycles. The van der Waals surface area contributed by atoms with Crippen molar-refractivity contribution in [2.24, 2.45) is 5.41 Å². The first-order chi connectivity index (χ1) is 13.3. The molecule has 0 bridgehead atoms. The smallest absolute Gasteiger partial charge is 0.406 e. The van der Waals surface area contributed by atoms with E-state index in [9.17, 15) is 18.0 Å². The quantitative estimate of drug-likeness (QED) is 0.870. The van der Waals surface area contributed by atoms with Gasteiger partial charge in [-0.05, 0) is 48.2 Å². The highest BCUT2D eigenvalue weighted by molar-refractivity contribution is 5.84. The minimum absolute atomic E-state index is 0.0559. The number of nitrogens with one attached hydrogen (secondary N) is 1. The van der Waals surface area contributed by atoms with Gasteiger partial charge in [0.25, 0.3) is 0 Å². The standard InChI is InChI=1S/C21H21F3N2O2/c22-21(23,24)28-18-7-3-4-15(10-18)13-26-9-8-20(14-26)11-16-5-1-2-6-17(16)12-25-19(20)27/h1-7,10H,8-9,11-14H2,(H,25,27). The molecule has 0 radical (unpaired) electrons. The Morgan fingerprint density at radius 1 is 1.11 bits per heavy atom. The van der Waals surface area contributed by atoms with Crippen LogP contribution in [0.4, 0.5) is 13.2 Å². The average molecular weight is 390 g/mol. The van der Waals surface area contributed by atoms with Gasteiger partial charge in [0.2, 0.25) is 5.91 Å². The molecule has 0 aromatic heterocycles. The van der Waals surface area contributed by atoms with E-state index < -0.39 is 11.8 Å². The van der Waals surface area contributed by atoms with Crippen molar-refractivity contribution in [3.8, 4) is 5.75 Å². The van der Waals surface area contributed by atoms with Crippen molar-refractivity contribution in [1.29, 1.82) is 0 Å². The number of benzene rings is 2. The third kappa shape index (κ3) is 3.99. The summed E-state index contributed by atoms with van der Waals surface area (Å²) in [5, 5.41) is 3.04. The van der Waals surface area contributed by atoms with E-state index in [1.807, 2.05) is 18.2 Å². The number of carbonyl (C=O) groups excluding carboxylic acids is 1. The summed E-state index contributed by atoms with van der Waals surface area (Å²) >= 11 is 0. The Morgan fingerprint density at radius 3 is 2.68 bits per heavy atom. The summed E-state index contributed by atoms with van der Waals surface area (Å²) in [6.07, 6.45) is -3.29. The number of alkyl halides is 3. The summed E-state index contributed by atoms with van der Waals surface area (Å²) in [4.78, 5) is 15.0. The molecule has 0 saturated carbocycles. The topological polar surface area (TPSA) is 41.6 Å². The molecule has 4 rings (SSSR count). The molecule has 1 saturated heterocycles. The predicted octanol–water partition coefficient (Wildman–Crippen LogP) is 3.65. The van der Waals surface area contributed by atoms with Gasteiger partial charge in [0, 0.05) is 19.6 Å². The van der Waals surface area contributed by atoms with Gasteiger partial charge in [-0.25, -0.2) is 0 Å². The summed E-state index contributed by atoms with van der Waals surface area (Å²) in [6, 6.07) is 14.1. The summed E-state index contributed by atoms with van der Waals surface area (Å²) in [5.74, 6) is -0.166. The van der Waals surface area contributed by atoms with E-state index in [0.29, 0.717) is 26.1 Å². The molecule has 1 N–H and O–H groups in total. The fourth-order valence-electron chi connectivity index (χ4n) is 4.23. The molecule has 148 valence electrons. The maximum Gasteiger partial charge on any atom is 0.573 e. The Kier molecular flexibility index (Phi) is 4.79. The zero-order valence-corrected chi connectivity index (χ0v) is 15.3. The molecule has 0 aliphatic carbocycles. The van der Waals surface area contributed by atoms with Crippen molar-refractivity contribution < 1.29 is 22.7 Å². The minimum atomic E-state index is -4.71. The molecule has 2 aromatic carbocycles. The van der Waals surface area contributed by atoms with Crippen LogP contribution in [0.3, 0.4) is 0 Å². The van der Waals surface area contributed by atoms with Crippen LogP contribution >= 0.6 is 0 Å². The Morgan fingerprint density at radius 2 is 1.89 bits per heavy atom. The molecule has 1 unspecified atom stereocenters. The van der Waals surface area contributed by atoms with Gasteiger partial charge in [-0.3, -0.25) is 9.69 Å². The van der Waals surface area contributed by atoms with E-state index in [2.05, 4.69) is 21.0 Å². The summed E-state index contributed by atoms with van der Waals surface area (Å²) in [6.45, 7) is 2.32. The highest BCUT2D eigenvalue weighted by Gasteiger charge is 2.45. The number of halogens is 3. The number of hydrogen-bond acceptors (Lipinski definition) is 3. The minimum Gasteiger partial charge on any atom is -0.406 e. The second-order valence-electron chi connectivity index (χ2n) is 7.56. The van der Waals surface area contributed by atoms with E-state index in [4.69, 9.17) is 0 Å². The van der Waals surface area contributed by atoms with E-state index in [0.717, 1.165) is 24.1 Å². The molecule has 4 nitrogen and oxygen atoms in total. The lowest BCUT2D eigenvalue weighted by Gasteiger charge is -2.26. The molecule has 1 amide bonds. The zero-order valence-electron chi connectivity index (χ0n) is 15.3. The van der Waals surface area contributed by atoms with Crippen LogP contribution in [0.5, 0.6) is 5.75 Å². The normalized spacial score (nSPS) is 22.6. The molecular formula is C21H21F3N2O2. The average Bonchev–Trinajstić information content (AvgIpc) is 2.97. The second-order valence-corrected chi connectivity index (χ2v) is 7.56. The Hall–Kier alpha value is -2.54. The SMILES string of the molecule is O=C1NCc2ccccc2CC12CCN(Cc1cccc(OC(F)(F)F)c1)C2. The van der Waals surface area contributed by atoms with Gasteiger partial charge >= 0.3 is 6.36 Å². The lowest BCUT2D eigenvalue weighted by atomic mass is 9.80. The van der Waals surface area contributed by atoms with Crippen LogP contribution in [0.25, 0.3) is 0 Å². The first-order valence-electron chi connectivity index (χ1n) is 9.25. The van der Waals surface area contributed by atoms with Crippen molar-refractivity contribution in [3.05, 3.63) is 65.2 Å². The van der Waals surface area contributed by atoms with Gasteiger partial charge in [0.15, 0.2) is 0 Å². The van der Waals surface area contributed by atoms with E-state index in [-0.39, 0.29) is 11.7 Å². The number of rotatable bonds is 3. The monoisotopic (exact) mass is 390 g/mol. The van der Waals surface area contributed by atoms with Gasteiger partial charge in [0.1, 0.15) is 5.75 Å². The van der Waals surface area contributed by atoms with Gasteiger partial charge in [-0.15, -0.1) is 13.2 Å². The molecule has 1 spiro atoms. The van der Waals surface area contributed by atoms with Gasteiger partial charge < -0.3 is 10.1 Å². The lowest BCUT2D eigenvalue weighted by molar-refractivity contribution is -0.274. The van der Waals surface area contributed by atoms with Crippen LogP contribution in [-0.4, -0.2) is 30.3 Å². The number of amides is 1. The molecule has 2 heterocycles. The number of hydrogen-bond donors (Lipinski definition) is 1. The number of nitrogens with zero attached hydrogens (tertiary/aromatic N) is 1. The van der Waals surface area contributed by atoms with Crippen molar-refractivity contribution >= 4 is 5.91 Å². The van der Waals surface area contributed by atoms with Crippen LogP contribution in [0.1, 0.15) is 23.1 Å². The third-order valence-corrected chi connectivity index (χ3v) is 5.54. The molecule has 1 atom stereocenters. The number of fused-ring (bicyclic) bond motifs is 1. The fraction of sp³-hybridized carbons (Fsp3) is 0.381. The number of carbonyl (C=O) groups is 1. The van der Waals surface area contributed by atoms with E-state index >= 15 is 0 Å². The van der Waals surface area contributed by atoms with Gasteiger partial charge in [0.05, 0.1) is 5.41 Å². The predicted molar refractivity (Wildman–Crippen MR) is 97.4 cm³/mol. The Balaban J connectivity index is 1.48. The van der Waals surface area contributed by atoms with Crippen molar-refractivity contribution in [2.75, 3.05) is 13.1 Å². The first kappa shape index (κ1) is 18.8. The van der Waals surface area contributed by atoms with Crippen LogP contribution in [-0.2, 0) is 24.3 Å². The Bertz CT molecular complexity index is 884. The van der Waals surface area contributed by atoms with Crippen molar-refractivity contribution in [1.82, 2.24) is 10.2 Å². The second kappa shape index (κ2) is 7.13. The first-order valence-corrected chi connectivity index (χ1v) is 9.25. The molecule has 2 aromatic rings. The van der Waals surface area contributed by atoms with Crippen LogP contribution in [0, 0.1) is 5.41 Å². The van der Waals surface area contributed by atoms with Crippen LogP contribution in [0.15, 0.2) is 48.5 Å². The molecule has 7 heteroatoms. The zero-order chi connectivity index (χ0) is 19.8. The molecular weight excluding hydrogens is 369 g/mol. The number of likely N-dealkylation sites (tertiary alicyclic amines) is 1. The summed E-state index contributed by atoms with van der Waals surface area (Å²) < 4.78 is 41.3. The van der Waals surface area contributed by atoms with Crippen molar-refractivity contribution in [2.45, 2.75) is 32.3 Å². The van der Waals surface area contributed by atoms with E-state index in [1.54, 1.807) is 12.1 Å². The van der Waals surface area contributed by atoms with E-state index in [1.165, 1.54) is 17.7 Å². The summed E-state index contributed by atoms with van der Waals surface area (Å²) in [5.41, 5.74) is 2.56. The summed E-state index contributed by atoms with van der Waals surface area (Å²) in [7, 11) is 0. The maximum absolute atomic E-state index is 12.8. The van der Waals surface area contributed by atoms with Crippen molar-refractivity contribution in [3.63, 3.8) is 0 Å². The lowest BCUT2D eigenvalue weighted by Crippen LogP contribution is -2.42. The van der Waals surface area contributed by atoms with Crippen LogP contribution in [0.2, 0.25) is 0 Å². The highest BCUT2D eigenvalue weighted by atomic mass is 19.4. The third-order valence-electron chi connectivity index (χ3n) is 5.54. The van der Waals surface area contributed by atoms with Gasteiger partial charge in [-0.1, -0.05) is 36.4 Å². The molecule has 1 fully saturated rings. The fourth-order valence-corrected chi connectivity index (χ4v) is 4.23. The van der Waals surface area contributed by atoms with Crippen LogP contribution < -0.4 is 10.1 Å². The maximum atomic E-state index is 12.8. The number of ether oxygens (including phenoxy) is 1. The highest BCUT2D eigenvalue weighted by Crippen LogP contribution is 2.38. The van der Waals surface area contributed by atoms with Gasteiger partial charge in [-0.2, -0.15) is 0 Å².